The molecule has 1 saturated heterocycles. The number of amides is 1. The Labute approximate surface area is 94.5 Å². The molecular weight excluding hydrogens is 249 g/mol. The number of nitrogens with zero attached hydrogens (tertiary/aromatic N) is 1. The molecule has 0 bridgehead atoms. The van der Waals surface area contributed by atoms with E-state index in [2.05, 4.69) is 0 Å². The van der Waals surface area contributed by atoms with Gasteiger partial charge in [-0.25, -0.2) is 0 Å². The maximum absolute atomic E-state index is 12.9. The molecule has 1 fully saturated rings. The highest BCUT2D eigenvalue weighted by atomic mass is 19.4. The van der Waals surface area contributed by atoms with E-state index in [0.29, 0.717) is 4.90 Å². The molecule has 0 saturated carbocycles. The number of halogens is 5. The minimum Gasteiger partial charge on any atom is -0.375 e. The summed E-state index contributed by atoms with van der Waals surface area (Å²) < 4.78 is 66.9. The van der Waals surface area contributed by atoms with E-state index in [4.69, 9.17) is 4.74 Å². The molecule has 17 heavy (non-hydrogen) atoms. The Hall–Kier alpha value is -0.920. The molecule has 0 spiro atoms. The second-order valence-corrected chi connectivity index (χ2v) is 4.02. The smallest absolute Gasteiger partial charge is 0.375 e. The van der Waals surface area contributed by atoms with Gasteiger partial charge in [0, 0.05) is 6.54 Å². The number of alkyl halides is 5. The molecule has 0 aromatic heterocycles. The normalized spacial score (nSPS) is 27.1. The fourth-order valence-electron chi connectivity index (χ4n) is 1.49. The molecule has 1 heterocycles. The Kier molecular flexibility index (Phi) is 3.66. The molecule has 8 heteroatoms. The van der Waals surface area contributed by atoms with Crippen molar-refractivity contribution in [2.45, 2.75) is 38.1 Å². The van der Waals surface area contributed by atoms with Crippen LogP contribution in [-0.4, -0.2) is 48.2 Å². The Balaban J connectivity index is 2.88. The molecule has 0 aliphatic carbocycles. The van der Waals surface area contributed by atoms with Gasteiger partial charge in [0.05, 0.1) is 18.8 Å². The lowest BCUT2D eigenvalue weighted by atomic mass is 10.1. The quantitative estimate of drug-likeness (QED) is 0.674. The van der Waals surface area contributed by atoms with Gasteiger partial charge in [0.25, 0.3) is 0 Å². The van der Waals surface area contributed by atoms with Crippen molar-refractivity contribution >= 4 is 5.91 Å². The van der Waals surface area contributed by atoms with Crippen molar-refractivity contribution in [1.82, 2.24) is 4.90 Å². The maximum atomic E-state index is 12.9. The van der Waals surface area contributed by atoms with E-state index in [0.717, 1.165) is 0 Å². The van der Waals surface area contributed by atoms with Crippen LogP contribution in [0.1, 0.15) is 13.8 Å². The molecule has 1 rings (SSSR count). The molecule has 2 unspecified atom stereocenters. The van der Waals surface area contributed by atoms with Crippen molar-refractivity contribution in [3.8, 4) is 0 Å². The molecule has 100 valence electrons. The van der Waals surface area contributed by atoms with Gasteiger partial charge < -0.3 is 9.64 Å². The largest absolute Gasteiger partial charge is 0.463 e. The van der Waals surface area contributed by atoms with Crippen LogP contribution < -0.4 is 0 Å². The average molecular weight is 261 g/mol. The Morgan fingerprint density at radius 1 is 1.24 bits per heavy atom. The zero-order chi connectivity index (χ0) is 13.4. The number of hydrogen-bond donors (Lipinski definition) is 0. The van der Waals surface area contributed by atoms with E-state index < -0.39 is 30.2 Å². The van der Waals surface area contributed by atoms with Crippen molar-refractivity contribution in [2.75, 3.05) is 13.2 Å². The van der Waals surface area contributed by atoms with Crippen LogP contribution in [0.5, 0.6) is 0 Å². The fourth-order valence-corrected chi connectivity index (χ4v) is 1.49. The van der Waals surface area contributed by atoms with Gasteiger partial charge in [0.1, 0.15) is 0 Å². The van der Waals surface area contributed by atoms with Crippen LogP contribution in [0, 0.1) is 0 Å². The van der Waals surface area contributed by atoms with E-state index >= 15 is 0 Å². The molecule has 3 nitrogen and oxygen atoms in total. The van der Waals surface area contributed by atoms with Crippen molar-refractivity contribution < 1.29 is 31.5 Å². The number of ether oxygens (including phenoxy) is 1. The average Bonchev–Trinajstić information content (AvgIpc) is 2.19. The van der Waals surface area contributed by atoms with Gasteiger partial charge in [0.15, 0.2) is 0 Å². The Morgan fingerprint density at radius 3 is 2.24 bits per heavy atom. The van der Waals surface area contributed by atoms with Gasteiger partial charge in [-0.3, -0.25) is 4.79 Å². The first-order valence-electron chi connectivity index (χ1n) is 4.94. The van der Waals surface area contributed by atoms with Crippen molar-refractivity contribution in [3.63, 3.8) is 0 Å². The summed E-state index contributed by atoms with van der Waals surface area (Å²) in [4.78, 5) is 11.7. The number of carbonyl (C=O) groups excluding carboxylic acids is 1. The fraction of sp³-hybridized carbons (Fsp3) is 0.889. The van der Waals surface area contributed by atoms with Gasteiger partial charge in [-0.1, -0.05) is 0 Å². The summed E-state index contributed by atoms with van der Waals surface area (Å²) in [6.45, 7) is 2.53. The first kappa shape index (κ1) is 14.1. The van der Waals surface area contributed by atoms with Crippen LogP contribution in [0.25, 0.3) is 0 Å². The van der Waals surface area contributed by atoms with Gasteiger partial charge in [-0.2, -0.15) is 22.0 Å². The van der Waals surface area contributed by atoms with E-state index in [9.17, 15) is 26.7 Å². The zero-order valence-electron chi connectivity index (χ0n) is 9.22. The summed E-state index contributed by atoms with van der Waals surface area (Å²) in [5.41, 5.74) is 0. The summed E-state index contributed by atoms with van der Waals surface area (Å²) in [5.74, 6) is -7.56. The lowest BCUT2D eigenvalue weighted by Crippen LogP contribution is -2.59. The molecule has 0 radical (unpaired) electrons. The summed E-state index contributed by atoms with van der Waals surface area (Å²) in [7, 11) is 0. The number of morpholine rings is 1. The van der Waals surface area contributed by atoms with Crippen molar-refractivity contribution in [1.29, 1.82) is 0 Å². The molecule has 0 N–H and O–H groups in total. The predicted molar refractivity (Wildman–Crippen MR) is 47.6 cm³/mol. The highest BCUT2D eigenvalue weighted by molar-refractivity contribution is 5.84. The minimum atomic E-state index is -5.87. The van der Waals surface area contributed by atoms with E-state index in [1.54, 1.807) is 0 Å². The third-order valence-electron chi connectivity index (χ3n) is 2.49. The van der Waals surface area contributed by atoms with Crippen LogP contribution in [0.3, 0.4) is 0 Å². The molecule has 0 aromatic carbocycles. The number of rotatable bonds is 1. The first-order valence-corrected chi connectivity index (χ1v) is 4.94. The third kappa shape index (κ3) is 2.67. The maximum Gasteiger partial charge on any atom is 0.463 e. The minimum absolute atomic E-state index is 0.0547. The molecule has 0 aromatic rings. The van der Waals surface area contributed by atoms with E-state index in [1.807, 2.05) is 0 Å². The zero-order valence-corrected chi connectivity index (χ0v) is 9.22. The Bertz CT molecular complexity index is 304. The number of carbonyl (C=O) groups is 1. The molecule has 1 amide bonds. The van der Waals surface area contributed by atoms with Crippen LogP contribution >= 0.6 is 0 Å². The Morgan fingerprint density at radius 2 is 1.76 bits per heavy atom. The van der Waals surface area contributed by atoms with Crippen molar-refractivity contribution in [2.24, 2.45) is 0 Å². The van der Waals surface area contributed by atoms with E-state index in [1.165, 1.54) is 13.8 Å². The molecule has 1 aliphatic heterocycles. The summed E-state index contributed by atoms with van der Waals surface area (Å²) in [6.07, 6.45) is -6.43. The SMILES string of the molecule is CC1CN(C(=O)C(F)(F)C(F)(F)F)C(C)CO1. The number of hydrogen-bond acceptors (Lipinski definition) is 2. The van der Waals surface area contributed by atoms with Gasteiger partial charge in [-0.05, 0) is 13.8 Å². The van der Waals surface area contributed by atoms with Crippen molar-refractivity contribution in [3.05, 3.63) is 0 Å². The van der Waals surface area contributed by atoms with Gasteiger partial charge in [0.2, 0.25) is 0 Å². The molecule has 1 aliphatic rings. The van der Waals surface area contributed by atoms with Crippen LogP contribution in [0.2, 0.25) is 0 Å². The lowest BCUT2D eigenvalue weighted by Gasteiger charge is -2.38. The molecule has 2 atom stereocenters. The monoisotopic (exact) mass is 261 g/mol. The first-order chi connectivity index (χ1) is 7.57. The summed E-state index contributed by atoms with van der Waals surface area (Å²) in [5, 5.41) is 0. The summed E-state index contributed by atoms with van der Waals surface area (Å²) >= 11 is 0. The van der Waals surface area contributed by atoms with Crippen LogP contribution in [0.4, 0.5) is 22.0 Å². The van der Waals surface area contributed by atoms with E-state index in [-0.39, 0.29) is 13.2 Å². The van der Waals surface area contributed by atoms with Gasteiger partial charge in [-0.15, -0.1) is 0 Å². The highest BCUT2D eigenvalue weighted by Crippen LogP contribution is 2.37. The summed E-state index contributed by atoms with van der Waals surface area (Å²) in [6, 6.07) is -0.799. The third-order valence-corrected chi connectivity index (χ3v) is 2.49. The second-order valence-electron chi connectivity index (χ2n) is 4.02. The topological polar surface area (TPSA) is 29.5 Å². The van der Waals surface area contributed by atoms with Crippen LogP contribution in [0.15, 0.2) is 0 Å². The predicted octanol–water partition coefficient (Wildman–Crippen LogP) is 1.82. The molecular formula is C9H12F5NO2. The lowest BCUT2D eigenvalue weighted by molar-refractivity contribution is -0.277. The van der Waals surface area contributed by atoms with Gasteiger partial charge >= 0.3 is 18.0 Å². The van der Waals surface area contributed by atoms with Crippen LogP contribution in [-0.2, 0) is 9.53 Å². The standard InChI is InChI=1S/C9H12F5NO2/c1-5-4-17-6(2)3-15(5)7(16)8(10,11)9(12,13)14/h5-6H,3-4H2,1-2H3. The highest BCUT2D eigenvalue weighted by Gasteiger charge is 2.65. The second kappa shape index (κ2) is 4.40.